The standard InChI is InChI=1S/C20H32N2O2/c1-16-7-8-17(2)20(13-16)24-12-11-21-9-3-5-18(21)14-22-10-4-6-19(22)15-23/h7-8,13,18-19,23H,3-6,9-12,14-15H2,1-2H3. The molecular weight excluding hydrogens is 300 g/mol. The van der Waals surface area contributed by atoms with Gasteiger partial charge in [-0.25, -0.2) is 0 Å². The average molecular weight is 332 g/mol. The molecule has 2 aliphatic rings. The van der Waals surface area contributed by atoms with E-state index >= 15 is 0 Å². The van der Waals surface area contributed by atoms with Crippen LogP contribution >= 0.6 is 0 Å². The molecule has 4 heteroatoms. The van der Waals surface area contributed by atoms with E-state index in [-0.39, 0.29) is 0 Å². The summed E-state index contributed by atoms with van der Waals surface area (Å²) in [7, 11) is 0. The predicted octanol–water partition coefficient (Wildman–Crippen LogP) is 2.60. The highest BCUT2D eigenvalue weighted by molar-refractivity contribution is 5.35. The predicted molar refractivity (Wildman–Crippen MR) is 97.7 cm³/mol. The molecule has 24 heavy (non-hydrogen) atoms. The van der Waals surface area contributed by atoms with Gasteiger partial charge >= 0.3 is 0 Å². The van der Waals surface area contributed by atoms with Crippen molar-refractivity contribution < 1.29 is 9.84 Å². The second kappa shape index (κ2) is 8.32. The fraction of sp³-hybridized carbons (Fsp3) is 0.700. The Labute approximate surface area is 146 Å². The van der Waals surface area contributed by atoms with Gasteiger partial charge in [-0.2, -0.15) is 0 Å². The van der Waals surface area contributed by atoms with Crippen LogP contribution in [0.2, 0.25) is 0 Å². The van der Waals surface area contributed by atoms with Gasteiger partial charge in [0, 0.05) is 25.2 Å². The van der Waals surface area contributed by atoms with Crippen molar-refractivity contribution in [3.8, 4) is 5.75 Å². The molecule has 134 valence electrons. The van der Waals surface area contributed by atoms with E-state index < -0.39 is 0 Å². The van der Waals surface area contributed by atoms with E-state index in [1.54, 1.807) is 0 Å². The van der Waals surface area contributed by atoms with Gasteiger partial charge in [-0.1, -0.05) is 12.1 Å². The van der Waals surface area contributed by atoms with Crippen LogP contribution in [0.1, 0.15) is 36.8 Å². The molecule has 2 saturated heterocycles. The first kappa shape index (κ1) is 17.7. The Hall–Kier alpha value is -1.10. The normalized spacial score (nSPS) is 25.5. The number of benzene rings is 1. The lowest BCUT2D eigenvalue weighted by molar-refractivity contribution is 0.115. The number of hydrogen-bond donors (Lipinski definition) is 1. The Kier molecular flexibility index (Phi) is 6.14. The summed E-state index contributed by atoms with van der Waals surface area (Å²) in [6.45, 7) is 9.70. The third kappa shape index (κ3) is 4.29. The molecule has 0 radical (unpaired) electrons. The number of rotatable bonds is 7. The van der Waals surface area contributed by atoms with Crippen molar-refractivity contribution in [2.24, 2.45) is 0 Å². The second-order valence-electron chi connectivity index (χ2n) is 7.42. The van der Waals surface area contributed by atoms with E-state index in [0.29, 0.717) is 18.7 Å². The van der Waals surface area contributed by atoms with Crippen molar-refractivity contribution in [1.29, 1.82) is 0 Å². The van der Waals surface area contributed by atoms with Gasteiger partial charge in [-0.3, -0.25) is 9.80 Å². The number of likely N-dealkylation sites (tertiary alicyclic amines) is 2. The SMILES string of the molecule is Cc1ccc(C)c(OCCN2CCCC2CN2CCCC2CO)c1. The van der Waals surface area contributed by atoms with Crippen LogP contribution in [0.4, 0.5) is 0 Å². The van der Waals surface area contributed by atoms with E-state index in [4.69, 9.17) is 4.74 Å². The van der Waals surface area contributed by atoms with E-state index in [1.165, 1.54) is 36.9 Å². The average Bonchev–Trinajstić information content (AvgIpc) is 3.20. The summed E-state index contributed by atoms with van der Waals surface area (Å²) in [5.74, 6) is 1.02. The highest BCUT2D eigenvalue weighted by Gasteiger charge is 2.31. The van der Waals surface area contributed by atoms with E-state index in [2.05, 4.69) is 41.8 Å². The monoisotopic (exact) mass is 332 g/mol. The summed E-state index contributed by atoms with van der Waals surface area (Å²) in [6, 6.07) is 7.41. The Balaban J connectivity index is 1.48. The minimum absolute atomic E-state index is 0.308. The highest BCUT2D eigenvalue weighted by Crippen LogP contribution is 2.24. The van der Waals surface area contributed by atoms with Crippen LogP contribution in [0.15, 0.2) is 18.2 Å². The topological polar surface area (TPSA) is 35.9 Å². The second-order valence-corrected chi connectivity index (χ2v) is 7.42. The zero-order valence-electron chi connectivity index (χ0n) is 15.2. The number of aliphatic hydroxyl groups is 1. The van der Waals surface area contributed by atoms with Crippen LogP contribution in [0.25, 0.3) is 0 Å². The molecule has 1 aromatic carbocycles. The molecule has 1 N–H and O–H groups in total. The van der Waals surface area contributed by atoms with E-state index in [9.17, 15) is 5.11 Å². The molecule has 2 heterocycles. The molecule has 2 fully saturated rings. The van der Waals surface area contributed by atoms with Gasteiger partial charge in [0.1, 0.15) is 12.4 Å². The van der Waals surface area contributed by atoms with Gasteiger partial charge in [-0.05, 0) is 69.8 Å². The highest BCUT2D eigenvalue weighted by atomic mass is 16.5. The molecular formula is C20H32N2O2. The largest absolute Gasteiger partial charge is 0.492 e. The molecule has 0 bridgehead atoms. The molecule has 0 aromatic heterocycles. The summed E-state index contributed by atoms with van der Waals surface area (Å²) in [6.07, 6.45) is 4.94. The summed E-state index contributed by atoms with van der Waals surface area (Å²) < 4.78 is 6.04. The van der Waals surface area contributed by atoms with Gasteiger partial charge in [0.05, 0.1) is 6.61 Å². The van der Waals surface area contributed by atoms with Crippen molar-refractivity contribution in [3.63, 3.8) is 0 Å². The Morgan fingerprint density at radius 3 is 2.62 bits per heavy atom. The number of aliphatic hydroxyl groups excluding tert-OH is 1. The van der Waals surface area contributed by atoms with Gasteiger partial charge in [-0.15, -0.1) is 0 Å². The van der Waals surface area contributed by atoms with Crippen LogP contribution in [-0.2, 0) is 0 Å². The van der Waals surface area contributed by atoms with Crippen molar-refractivity contribution >= 4 is 0 Å². The lowest BCUT2D eigenvalue weighted by atomic mass is 10.1. The lowest BCUT2D eigenvalue weighted by Gasteiger charge is -2.31. The van der Waals surface area contributed by atoms with E-state index in [0.717, 1.165) is 38.4 Å². The van der Waals surface area contributed by atoms with Crippen molar-refractivity contribution in [1.82, 2.24) is 9.80 Å². The summed E-state index contributed by atoms with van der Waals surface area (Å²) in [4.78, 5) is 5.08. The Morgan fingerprint density at radius 2 is 1.83 bits per heavy atom. The molecule has 2 unspecified atom stereocenters. The third-order valence-corrected chi connectivity index (χ3v) is 5.63. The zero-order chi connectivity index (χ0) is 16.9. The number of nitrogens with zero attached hydrogens (tertiary/aromatic N) is 2. The zero-order valence-corrected chi connectivity index (χ0v) is 15.2. The molecule has 2 atom stereocenters. The van der Waals surface area contributed by atoms with Crippen LogP contribution in [0, 0.1) is 13.8 Å². The first-order valence-electron chi connectivity index (χ1n) is 9.46. The van der Waals surface area contributed by atoms with Gasteiger partial charge in [0.25, 0.3) is 0 Å². The van der Waals surface area contributed by atoms with Crippen LogP contribution < -0.4 is 4.74 Å². The Morgan fingerprint density at radius 1 is 1.08 bits per heavy atom. The fourth-order valence-corrected chi connectivity index (χ4v) is 4.14. The molecule has 0 spiro atoms. The molecule has 0 saturated carbocycles. The van der Waals surface area contributed by atoms with Crippen molar-refractivity contribution in [2.45, 2.75) is 51.6 Å². The van der Waals surface area contributed by atoms with Crippen LogP contribution in [0.3, 0.4) is 0 Å². The minimum atomic E-state index is 0.308. The van der Waals surface area contributed by atoms with Crippen molar-refractivity contribution in [2.75, 3.05) is 39.4 Å². The first-order chi connectivity index (χ1) is 11.7. The minimum Gasteiger partial charge on any atom is -0.492 e. The maximum atomic E-state index is 9.52. The molecule has 4 nitrogen and oxygen atoms in total. The van der Waals surface area contributed by atoms with Crippen LogP contribution in [0.5, 0.6) is 5.75 Å². The summed E-state index contributed by atoms with van der Waals surface area (Å²) in [5.41, 5.74) is 2.46. The summed E-state index contributed by atoms with van der Waals surface area (Å²) >= 11 is 0. The van der Waals surface area contributed by atoms with Crippen LogP contribution in [-0.4, -0.2) is 66.4 Å². The van der Waals surface area contributed by atoms with Gasteiger partial charge in [0.2, 0.25) is 0 Å². The number of hydrogen-bond acceptors (Lipinski definition) is 4. The quantitative estimate of drug-likeness (QED) is 0.833. The number of ether oxygens (including phenoxy) is 1. The molecule has 2 aliphatic heterocycles. The fourth-order valence-electron chi connectivity index (χ4n) is 4.14. The van der Waals surface area contributed by atoms with E-state index in [1.807, 2.05) is 0 Å². The smallest absolute Gasteiger partial charge is 0.122 e. The van der Waals surface area contributed by atoms with Crippen molar-refractivity contribution in [3.05, 3.63) is 29.3 Å². The molecule has 0 amide bonds. The summed E-state index contributed by atoms with van der Waals surface area (Å²) in [5, 5.41) is 9.52. The number of aryl methyl sites for hydroxylation is 2. The van der Waals surface area contributed by atoms with Gasteiger partial charge < -0.3 is 9.84 Å². The molecule has 3 rings (SSSR count). The maximum absolute atomic E-state index is 9.52. The van der Waals surface area contributed by atoms with Gasteiger partial charge in [0.15, 0.2) is 0 Å². The maximum Gasteiger partial charge on any atom is 0.122 e. The third-order valence-electron chi connectivity index (χ3n) is 5.63. The molecule has 0 aliphatic carbocycles. The first-order valence-corrected chi connectivity index (χ1v) is 9.46. The lowest BCUT2D eigenvalue weighted by Crippen LogP contribution is -2.44. The molecule has 1 aromatic rings. The Bertz CT molecular complexity index is 534.